The summed E-state index contributed by atoms with van der Waals surface area (Å²) in [5.41, 5.74) is 14.7. The normalized spacial score (nSPS) is 11.8. The van der Waals surface area contributed by atoms with Crippen molar-refractivity contribution in [2.24, 2.45) is 0 Å². The quantitative estimate of drug-likeness (QED) is 0.181. The van der Waals surface area contributed by atoms with Crippen LogP contribution in [0.2, 0.25) is 0 Å². The van der Waals surface area contributed by atoms with E-state index in [2.05, 4.69) is 127 Å². The molecular formula is C48H28N4O. The summed E-state index contributed by atoms with van der Waals surface area (Å²) in [4.78, 5) is 20.3. The van der Waals surface area contributed by atoms with E-state index < -0.39 is 0 Å². The highest BCUT2D eigenvalue weighted by atomic mass is 16.3. The number of hydrogen-bond acceptors (Lipinski definition) is 5. The van der Waals surface area contributed by atoms with Crippen LogP contribution < -0.4 is 0 Å². The Morgan fingerprint density at radius 3 is 1.79 bits per heavy atom. The van der Waals surface area contributed by atoms with Gasteiger partial charge in [0.15, 0.2) is 17.5 Å². The zero-order chi connectivity index (χ0) is 34.9. The van der Waals surface area contributed by atoms with Crippen LogP contribution in [-0.4, -0.2) is 19.9 Å². The Hall–Kier alpha value is -7.24. The minimum absolute atomic E-state index is 0.590. The molecule has 0 saturated heterocycles. The highest BCUT2D eigenvalue weighted by Gasteiger charge is 2.23. The van der Waals surface area contributed by atoms with Crippen LogP contribution in [0.4, 0.5) is 0 Å². The van der Waals surface area contributed by atoms with Crippen LogP contribution in [0.3, 0.4) is 0 Å². The molecule has 0 radical (unpaired) electrons. The highest BCUT2D eigenvalue weighted by Crippen LogP contribution is 2.48. The lowest BCUT2D eigenvalue weighted by molar-refractivity contribution is 0.669. The number of benzene rings is 7. The molecule has 0 N–H and O–H groups in total. The molecule has 5 heteroatoms. The minimum Gasteiger partial charge on any atom is -0.456 e. The molecule has 0 saturated carbocycles. The van der Waals surface area contributed by atoms with E-state index in [1.54, 1.807) is 0 Å². The molecule has 11 rings (SSSR count). The first-order valence-corrected chi connectivity index (χ1v) is 17.7. The van der Waals surface area contributed by atoms with E-state index in [9.17, 15) is 0 Å². The van der Waals surface area contributed by atoms with Crippen molar-refractivity contribution in [1.82, 2.24) is 19.9 Å². The van der Waals surface area contributed by atoms with E-state index in [0.29, 0.717) is 17.5 Å². The topological polar surface area (TPSA) is 64.7 Å². The standard InChI is InChI=1S/C48H28N4O/c1-2-10-29(11-3-1)32-12-8-13-33(28-32)47-50-46(51-48(52-47)40-17-9-19-42-43(40)39-16-6-7-18-41(39)53-42)31-22-20-30(21-23-31)34-24-25-37-35-14-4-5-15-36(35)38-26-27-49-45(34)44(37)38/h1-28H. The van der Waals surface area contributed by atoms with Crippen molar-refractivity contribution in [3.05, 3.63) is 170 Å². The van der Waals surface area contributed by atoms with Gasteiger partial charge >= 0.3 is 0 Å². The molecule has 0 unspecified atom stereocenters. The fourth-order valence-corrected chi connectivity index (χ4v) is 7.89. The second-order valence-electron chi connectivity index (χ2n) is 13.4. The molecule has 53 heavy (non-hydrogen) atoms. The van der Waals surface area contributed by atoms with Gasteiger partial charge in [-0.05, 0) is 63.2 Å². The molecule has 0 amide bonds. The summed E-state index contributed by atoms with van der Waals surface area (Å²) in [6, 6.07) is 56.6. The average molecular weight is 677 g/mol. The van der Waals surface area contributed by atoms with E-state index in [4.69, 9.17) is 24.4 Å². The third-order valence-electron chi connectivity index (χ3n) is 10.4. The number of pyridine rings is 1. The van der Waals surface area contributed by atoms with Crippen LogP contribution in [-0.2, 0) is 0 Å². The van der Waals surface area contributed by atoms with Gasteiger partial charge in [0.1, 0.15) is 11.2 Å². The van der Waals surface area contributed by atoms with Gasteiger partial charge in [-0.2, -0.15) is 0 Å². The molecule has 1 aliphatic rings. The number of fused-ring (bicyclic) bond motifs is 6. The Bertz CT molecular complexity index is 3030. The summed E-state index contributed by atoms with van der Waals surface area (Å²) in [6.45, 7) is 0. The van der Waals surface area contributed by atoms with Crippen molar-refractivity contribution in [1.29, 1.82) is 0 Å². The number of hydrogen-bond donors (Lipinski definition) is 0. The molecule has 0 atom stereocenters. The fourth-order valence-electron chi connectivity index (χ4n) is 7.89. The zero-order valence-electron chi connectivity index (χ0n) is 28.4. The maximum Gasteiger partial charge on any atom is 0.164 e. The molecule has 3 aromatic heterocycles. The van der Waals surface area contributed by atoms with Crippen molar-refractivity contribution in [3.8, 4) is 78.7 Å². The Kier molecular flexibility index (Phi) is 6.48. The van der Waals surface area contributed by atoms with Gasteiger partial charge in [0.2, 0.25) is 0 Å². The summed E-state index contributed by atoms with van der Waals surface area (Å²) >= 11 is 0. The molecule has 10 aromatic rings. The van der Waals surface area contributed by atoms with Crippen LogP contribution in [0.1, 0.15) is 0 Å². The molecule has 7 aromatic carbocycles. The van der Waals surface area contributed by atoms with Crippen molar-refractivity contribution in [2.75, 3.05) is 0 Å². The predicted octanol–water partition coefficient (Wildman–Crippen LogP) is 12.3. The number of para-hydroxylation sites is 1. The van der Waals surface area contributed by atoms with E-state index in [1.165, 1.54) is 27.6 Å². The first kappa shape index (κ1) is 29.5. The Morgan fingerprint density at radius 2 is 0.943 bits per heavy atom. The lowest BCUT2D eigenvalue weighted by Gasteiger charge is -2.11. The van der Waals surface area contributed by atoms with Gasteiger partial charge in [0.25, 0.3) is 0 Å². The Morgan fingerprint density at radius 1 is 0.340 bits per heavy atom. The van der Waals surface area contributed by atoms with Gasteiger partial charge in [0.05, 0.1) is 5.52 Å². The van der Waals surface area contributed by atoms with Gasteiger partial charge in [-0.3, -0.25) is 4.98 Å². The summed E-state index contributed by atoms with van der Waals surface area (Å²) in [6.07, 6.45) is 1.92. The number of rotatable bonds is 5. The first-order chi connectivity index (χ1) is 26.3. The number of nitrogens with zero attached hydrogens (tertiary/aromatic N) is 4. The first-order valence-electron chi connectivity index (χ1n) is 17.7. The molecule has 0 aliphatic heterocycles. The maximum atomic E-state index is 6.26. The molecule has 0 bridgehead atoms. The van der Waals surface area contributed by atoms with E-state index in [0.717, 1.165) is 66.4 Å². The maximum absolute atomic E-state index is 6.26. The van der Waals surface area contributed by atoms with Crippen molar-refractivity contribution >= 4 is 32.8 Å². The van der Waals surface area contributed by atoms with E-state index in [1.807, 2.05) is 42.6 Å². The summed E-state index contributed by atoms with van der Waals surface area (Å²) < 4.78 is 6.26. The molecular weight excluding hydrogens is 649 g/mol. The smallest absolute Gasteiger partial charge is 0.164 e. The SMILES string of the molecule is c1ccc(-c2cccc(-c3nc(-c4ccc(-c5ccc6c7c(ccnc57)-c5ccccc5-6)cc4)nc(-c4cccc5oc6ccccc6c45)n3)c2)cc1. The molecule has 246 valence electrons. The largest absolute Gasteiger partial charge is 0.456 e. The third kappa shape index (κ3) is 4.71. The van der Waals surface area contributed by atoms with Gasteiger partial charge in [0, 0.05) is 44.6 Å². The zero-order valence-corrected chi connectivity index (χ0v) is 28.4. The molecule has 0 fully saturated rings. The highest BCUT2D eigenvalue weighted by molar-refractivity contribution is 6.17. The second-order valence-corrected chi connectivity index (χ2v) is 13.4. The Balaban J connectivity index is 1.06. The van der Waals surface area contributed by atoms with E-state index in [-0.39, 0.29) is 0 Å². The summed E-state index contributed by atoms with van der Waals surface area (Å²) in [5.74, 6) is 1.79. The molecule has 5 nitrogen and oxygen atoms in total. The molecule has 1 aliphatic carbocycles. The number of furan rings is 1. The Labute approximate surface area is 304 Å². The van der Waals surface area contributed by atoms with Crippen molar-refractivity contribution in [3.63, 3.8) is 0 Å². The average Bonchev–Trinajstić information content (AvgIpc) is 3.78. The lowest BCUT2D eigenvalue weighted by atomic mass is 9.97. The second kappa shape index (κ2) is 11.7. The minimum atomic E-state index is 0.590. The van der Waals surface area contributed by atoms with Crippen molar-refractivity contribution < 1.29 is 4.42 Å². The molecule has 0 spiro atoms. The van der Waals surface area contributed by atoms with Crippen LogP contribution >= 0.6 is 0 Å². The number of aromatic nitrogens is 4. The van der Waals surface area contributed by atoms with Crippen LogP contribution in [0.25, 0.3) is 112 Å². The third-order valence-corrected chi connectivity index (χ3v) is 10.4. The predicted molar refractivity (Wildman–Crippen MR) is 214 cm³/mol. The van der Waals surface area contributed by atoms with Crippen LogP contribution in [0.15, 0.2) is 174 Å². The lowest BCUT2D eigenvalue weighted by Crippen LogP contribution is -2.00. The van der Waals surface area contributed by atoms with Crippen molar-refractivity contribution in [2.45, 2.75) is 0 Å². The van der Waals surface area contributed by atoms with Gasteiger partial charge in [-0.15, -0.1) is 0 Å². The van der Waals surface area contributed by atoms with Gasteiger partial charge in [-0.25, -0.2) is 15.0 Å². The molecule has 3 heterocycles. The van der Waals surface area contributed by atoms with Gasteiger partial charge in [-0.1, -0.05) is 140 Å². The summed E-state index contributed by atoms with van der Waals surface area (Å²) in [7, 11) is 0. The van der Waals surface area contributed by atoms with Gasteiger partial charge < -0.3 is 4.42 Å². The van der Waals surface area contributed by atoms with Crippen LogP contribution in [0.5, 0.6) is 0 Å². The van der Waals surface area contributed by atoms with Crippen LogP contribution in [0, 0.1) is 0 Å². The monoisotopic (exact) mass is 676 g/mol. The summed E-state index contributed by atoms with van der Waals surface area (Å²) in [5, 5.41) is 3.22. The van der Waals surface area contributed by atoms with E-state index >= 15 is 0 Å². The fraction of sp³-hybridized carbons (Fsp3) is 0.